The summed E-state index contributed by atoms with van der Waals surface area (Å²) in [6.45, 7) is 3.44. The van der Waals surface area contributed by atoms with Crippen LogP contribution in [-0.4, -0.2) is 44.7 Å². The van der Waals surface area contributed by atoms with Gasteiger partial charge < -0.3 is 20.3 Å². The van der Waals surface area contributed by atoms with E-state index in [9.17, 15) is 9.59 Å². The minimum atomic E-state index is -0.204. The van der Waals surface area contributed by atoms with E-state index in [2.05, 4.69) is 15.5 Å². The average molecular weight is 331 g/mol. The van der Waals surface area contributed by atoms with Gasteiger partial charge in [-0.2, -0.15) is 0 Å². The van der Waals surface area contributed by atoms with E-state index in [1.165, 1.54) is 18.5 Å². The zero-order chi connectivity index (χ0) is 16.8. The predicted molar refractivity (Wildman–Crippen MR) is 93.1 cm³/mol. The van der Waals surface area contributed by atoms with Gasteiger partial charge in [0, 0.05) is 43.6 Å². The van der Waals surface area contributed by atoms with Crippen LogP contribution in [0.3, 0.4) is 0 Å². The fraction of sp³-hybridized carbons (Fsp3) is 0.556. The molecule has 2 N–H and O–H groups in total. The van der Waals surface area contributed by atoms with Crippen LogP contribution in [-0.2, 0) is 14.3 Å². The summed E-state index contributed by atoms with van der Waals surface area (Å²) in [5.41, 5.74) is 1.95. The van der Waals surface area contributed by atoms with Gasteiger partial charge in [0.2, 0.25) is 11.8 Å². The summed E-state index contributed by atoms with van der Waals surface area (Å²) in [6, 6.07) is 7.88. The second kappa shape index (κ2) is 8.15. The third-order valence-electron chi connectivity index (χ3n) is 4.64. The molecule has 2 heterocycles. The van der Waals surface area contributed by atoms with E-state index in [4.69, 9.17) is 4.74 Å². The monoisotopic (exact) mass is 331 g/mol. The van der Waals surface area contributed by atoms with Crippen LogP contribution in [0.15, 0.2) is 24.3 Å². The first-order valence-electron chi connectivity index (χ1n) is 8.73. The summed E-state index contributed by atoms with van der Waals surface area (Å²) in [4.78, 5) is 26.3. The van der Waals surface area contributed by atoms with E-state index < -0.39 is 0 Å². The SMILES string of the molecule is O=C(CNC(=O)C1CCOCC1)Nc1ccc(N2CCCC2)cc1. The van der Waals surface area contributed by atoms with E-state index in [0.29, 0.717) is 13.2 Å². The highest BCUT2D eigenvalue weighted by Gasteiger charge is 2.21. The van der Waals surface area contributed by atoms with Gasteiger partial charge in [0.05, 0.1) is 6.54 Å². The first-order valence-corrected chi connectivity index (χ1v) is 8.73. The maximum atomic E-state index is 12.0. The molecule has 0 atom stereocenters. The third-order valence-corrected chi connectivity index (χ3v) is 4.64. The Morgan fingerprint density at radius 3 is 2.42 bits per heavy atom. The highest BCUT2D eigenvalue weighted by Crippen LogP contribution is 2.22. The molecule has 0 radical (unpaired) electrons. The minimum Gasteiger partial charge on any atom is -0.381 e. The van der Waals surface area contributed by atoms with Gasteiger partial charge in [-0.25, -0.2) is 0 Å². The Bertz CT molecular complexity index is 561. The number of anilines is 2. The molecule has 6 heteroatoms. The Morgan fingerprint density at radius 1 is 1.08 bits per heavy atom. The van der Waals surface area contributed by atoms with Crippen molar-refractivity contribution in [3.63, 3.8) is 0 Å². The first kappa shape index (κ1) is 16.8. The second-order valence-corrected chi connectivity index (χ2v) is 6.39. The Labute approximate surface area is 142 Å². The number of nitrogens with zero attached hydrogens (tertiary/aromatic N) is 1. The molecule has 3 rings (SSSR count). The van der Waals surface area contributed by atoms with E-state index in [-0.39, 0.29) is 24.3 Å². The number of benzene rings is 1. The molecule has 24 heavy (non-hydrogen) atoms. The standard InChI is InChI=1S/C18H25N3O3/c22-17(13-19-18(23)14-7-11-24-12-8-14)20-15-3-5-16(6-4-15)21-9-1-2-10-21/h3-6,14H,1-2,7-13H2,(H,19,23)(H,20,22). The smallest absolute Gasteiger partial charge is 0.243 e. The molecule has 1 aromatic rings. The molecule has 6 nitrogen and oxygen atoms in total. The largest absolute Gasteiger partial charge is 0.381 e. The Balaban J connectivity index is 1.43. The van der Waals surface area contributed by atoms with Crippen molar-refractivity contribution in [3.8, 4) is 0 Å². The minimum absolute atomic E-state index is 0.00403. The van der Waals surface area contributed by atoms with Crippen molar-refractivity contribution in [3.05, 3.63) is 24.3 Å². The summed E-state index contributed by atoms with van der Waals surface area (Å²) in [5, 5.41) is 5.53. The number of hydrogen-bond donors (Lipinski definition) is 2. The van der Waals surface area contributed by atoms with Gasteiger partial charge in [-0.3, -0.25) is 9.59 Å². The molecule has 1 aromatic carbocycles. The number of carbonyl (C=O) groups is 2. The molecular formula is C18H25N3O3. The second-order valence-electron chi connectivity index (χ2n) is 6.39. The molecule has 0 aromatic heterocycles. The molecule has 0 spiro atoms. The Morgan fingerprint density at radius 2 is 1.75 bits per heavy atom. The molecule has 2 amide bonds. The van der Waals surface area contributed by atoms with E-state index in [1.54, 1.807) is 0 Å². The van der Waals surface area contributed by atoms with Crippen molar-refractivity contribution >= 4 is 23.2 Å². The highest BCUT2D eigenvalue weighted by atomic mass is 16.5. The normalized spacial score (nSPS) is 18.4. The molecule has 130 valence electrons. The molecule has 2 aliphatic heterocycles. The van der Waals surface area contributed by atoms with E-state index >= 15 is 0 Å². The fourth-order valence-corrected chi connectivity index (χ4v) is 3.21. The van der Waals surface area contributed by atoms with Crippen LogP contribution < -0.4 is 15.5 Å². The first-order chi connectivity index (χ1) is 11.7. The van der Waals surface area contributed by atoms with Crippen LogP contribution in [0.5, 0.6) is 0 Å². The van der Waals surface area contributed by atoms with Gasteiger partial charge in [0.1, 0.15) is 0 Å². The van der Waals surface area contributed by atoms with Gasteiger partial charge in [0.15, 0.2) is 0 Å². The molecule has 0 saturated carbocycles. The van der Waals surface area contributed by atoms with Gasteiger partial charge in [-0.1, -0.05) is 0 Å². The van der Waals surface area contributed by atoms with Crippen LogP contribution in [0.2, 0.25) is 0 Å². The molecule has 0 aliphatic carbocycles. The number of rotatable bonds is 5. The van der Waals surface area contributed by atoms with Crippen LogP contribution in [0.4, 0.5) is 11.4 Å². The fourth-order valence-electron chi connectivity index (χ4n) is 3.21. The topological polar surface area (TPSA) is 70.7 Å². The Kier molecular flexibility index (Phi) is 5.69. The molecular weight excluding hydrogens is 306 g/mol. The van der Waals surface area contributed by atoms with Crippen molar-refractivity contribution in [2.75, 3.05) is 43.1 Å². The van der Waals surface area contributed by atoms with Gasteiger partial charge in [0.25, 0.3) is 0 Å². The summed E-state index contributed by atoms with van der Waals surface area (Å²) in [6.07, 6.45) is 3.94. The molecule has 2 saturated heterocycles. The molecule has 0 unspecified atom stereocenters. The van der Waals surface area contributed by atoms with Crippen LogP contribution in [0.1, 0.15) is 25.7 Å². The lowest BCUT2D eigenvalue weighted by Gasteiger charge is -2.21. The molecule has 2 fully saturated rings. The van der Waals surface area contributed by atoms with Crippen LogP contribution >= 0.6 is 0 Å². The summed E-state index contributed by atoms with van der Waals surface area (Å²) in [5.74, 6) is -0.298. The van der Waals surface area contributed by atoms with Gasteiger partial charge in [-0.15, -0.1) is 0 Å². The number of carbonyl (C=O) groups excluding carboxylic acids is 2. The lowest BCUT2D eigenvalue weighted by Crippen LogP contribution is -2.38. The number of hydrogen-bond acceptors (Lipinski definition) is 4. The van der Waals surface area contributed by atoms with Gasteiger partial charge in [-0.05, 0) is 49.9 Å². The lowest BCUT2D eigenvalue weighted by atomic mass is 9.99. The van der Waals surface area contributed by atoms with Gasteiger partial charge >= 0.3 is 0 Å². The molecule has 0 bridgehead atoms. The third kappa shape index (κ3) is 4.47. The quantitative estimate of drug-likeness (QED) is 0.863. The van der Waals surface area contributed by atoms with E-state index in [1.807, 2.05) is 24.3 Å². The highest BCUT2D eigenvalue weighted by molar-refractivity contribution is 5.94. The summed E-state index contributed by atoms with van der Waals surface area (Å²) < 4.78 is 5.24. The lowest BCUT2D eigenvalue weighted by molar-refractivity contribution is -0.129. The van der Waals surface area contributed by atoms with E-state index in [0.717, 1.165) is 31.6 Å². The molecule has 2 aliphatic rings. The number of nitrogens with one attached hydrogen (secondary N) is 2. The van der Waals surface area contributed by atoms with Crippen molar-refractivity contribution in [2.45, 2.75) is 25.7 Å². The Hall–Kier alpha value is -2.08. The predicted octanol–water partition coefficient (Wildman–Crippen LogP) is 1.77. The maximum Gasteiger partial charge on any atom is 0.243 e. The van der Waals surface area contributed by atoms with Crippen molar-refractivity contribution in [1.82, 2.24) is 5.32 Å². The summed E-state index contributed by atoms with van der Waals surface area (Å²) >= 11 is 0. The van der Waals surface area contributed by atoms with Crippen LogP contribution in [0, 0.1) is 5.92 Å². The average Bonchev–Trinajstić information content (AvgIpc) is 3.16. The maximum absolute atomic E-state index is 12.0. The van der Waals surface area contributed by atoms with Crippen molar-refractivity contribution in [2.24, 2.45) is 5.92 Å². The van der Waals surface area contributed by atoms with Crippen molar-refractivity contribution in [1.29, 1.82) is 0 Å². The van der Waals surface area contributed by atoms with Crippen LogP contribution in [0.25, 0.3) is 0 Å². The number of amides is 2. The zero-order valence-electron chi connectivity index (χ0n) is 13.9. The zero-order valence-corrected chi connectivity index (χ0v) is 13.9. The van der Waals surface area contributed by atoms with Crippen molar-refractivity contribution < 1.29 is 14.3 Å². The number of ether oxygens (including phenoxy) is 1. The summed E-state index contributed by atoms with van der Waals surface area (Å²) in [7, 11) is 0.